The molecule has 1 aliphatic heterocycles. The maximum absolute atomic E-state index is 11.9. The summed E-state index contributed by atoms with van der Waals surface area (Å²) in [6.07, 6.45) is 3.23. The van der Waals surface area contributed by atoms with Crippen LogP contribution in [0.4, 0.5) is 4.79 Å². The number of imide groups is 1. The van der Waals surface area contributed by atoms with Gasteiger partial charge in [-0.3, -0.25) is 14.5 Å². The van der Waals surface area contributed by atoms with Crippen LogP contribution in [0.5, 0.6) is 0 Å². The van der Waals surface area contributed by atoms with Crippen molar-refractivity contribution in [2.24, 2.45) is 0 Å². The van der Waals surface area contributed by atoms with Gasteiger partial charge in [0.1, 0.15) is 17.9 Å². The Kier molecular flexibility index (Phi) is 3.47. The number of hydrogen-bond donors (Lipinski definition) is 3. The number of aromatic nitrogens is 2. The van der Waals surface area contributed by atoms with E-state index in [9.17, 15) is 14.4 Å². The number of aromatic amines is 1. The maximum Gasteiger partial charge on any atom is 0.325 e. The molecule has 1 fully saturated rings. The fourth-order valence-electron chi connectivity index (χ4n) is 1.97. The molecule has 1 unspecified atom stereocenters. The molecule has 1 saturated heterocycles. The average Bonchev–Trinajstić information content (AvgIpc) is 2.93. The normalized spacial score (nSPS) is 18.9. The zero-order valence-electron chi connectivity index (χ0n) is 11.6. The fourth-order valence-corrected chi connectivity index (χ4v) is 1.97. The van der Waals surface area contributed by atoms with Crippen molar-refractivity contribution >= 4 is 17.8 Å². The standard InChI is InChI=1S/C12H17N5O3/c1-7(9-13-4-5-14-9)15-8(18)6-17-10(19)12(2,3)16-11(17)20/h4-5,7H,6H2,1-3H3,(H,13,14)(H,15,18)(H,16,20). The van der Waals surface area contributed by atoms with Crippen LogP contribution in [0, 0.1) is 0 Å². The molecule has 0 saturated carbocycles. The Balaban J connectivity index is 1.95. The lowest BCUT2D eigenvalue weighted by Crippen LogP contribution is -2.43. The molecule has 1 aromatic heterocycles. The molecule has 0 spiro atoms. The highest BCUT2D eigenvalue weighted by atomic mass is 16.2. The summed E-state index contributed by atoms with van der Waals surface area (Å²) in [6, 6.07) is -0.882. The van der Waals surface area contributed by atoms with E-state index in [4.69, 9.17) is 0 Å². The Morgan fingerprint density at radius 1 is 1.50 bits per heavy atom. The van der Waals surface area contributed by atoms with Gasteiger partial charge in [0, 0.05) is 12.4 Å². The topological polar surface area (TPSA) is 107 Å². The van der Waals surface area contributed by atoms with E-state index in [1.807, 2.05) is 0 Å². The van der Waals surface area contributed by atoms with Crippen molar-refractivity contribution < 1.29 is 14.4 Å². The van der Waals surface area contributed by atoms with Crippen LogP contribution in [0.15, 0.2) is 12.4 Å². The van der Waals surface area contributed by atoms with Crippen LogP contribution < -0.4 is 10.6 Å². The second-order valence-corrected chi connectivity index (χ2v) is 5.21. The van der Waals surface area contributed by atoms with Crippen LogP contribution in [-0.4, -0.2) is 44.8 Å². The van der Waals surface area contributed by atoms with E-state index in [2.05, 4.69) is 20.6 Å². The molecule has 1 aliphatic rings. The first-order valence-corrected chi connectivity index (χ1v) is 6.24. The van der Waals surface area contributed by atoms with Gasteiger partial charge in [-0.2, -0.15) is 0 Å². The van der Waals surface area contributed by atoms with E-state index in [1.54, 1.807) is 33.2 Å². The van der Waals surface area contributed by atoms with Gasteiger partial charge >= 0.3 is 6.03 Å². The zero-order valence-corrected chi connectivity index (χ0v) is 11.6. The van der Waals surface area contributed by atoms with E-state index in [-0.39, 0.29) is 12.6 Å². The van der Waals surface area contributed by atoms with E-state index in [1.165, 1.54) is 0 Å². The van der Waals surface area contributed by atoms with Gasteiger partial charge in [0.2, 0.25) is 5.91 Å². The molecule has 3 N–H and O–H groups in total. The number of urea groups is 1. The number of rotatable bonds is 4. The highest BCUT2D eigenvalue weighted by Crippen LogP contribution is 2.16. The molecular formula is C12H17N5O3. The van der Waals surface area contributed by atoms with Crippen LogP contribution in [0.25, 0.3) is 0 Å². The summed E-state index contributed by atoms with van der Waals surface area (Å²) in [6.45, 7) is 4.64. The van der Waals surface area contributed by atoms with Crippen LogP contribution in [-0.2, 0) is 9.59 Å². The second-order valence-electron chi connectivity index (χ2n) is 5.21. The van der Waals surface area contributed by atoms with Crippen molar-refractivity contribution in [3.8, 4) is 0 Å². The Morgan fingerprint density at radius 2 is 2.20 bits per heavy atom. The van der Waals surface area contributed by atoms with Crippen molar-refractivity contribution in [3.05, 3.63) is 18.2 Å². The number of carbonyl (C=O) groups excluding carboxylic acids is 3. The summed E-state index contributed by atoms with van der Waals surface area (Å²) < 4.78 is 0. The number of nitrogens with one attached hydrogen (secondary N) is 3. The molecule has 20 heavy (non-hydrogen) atoms. The van der Waals surface area contributed by atoms with Crippen molar-refractivity contribution in [3.63, 3.8) is 0 Å². The molecule has 0 bridgehead atoms. The van der Waals surface area contributed by atoms with Crippen LogP contribution in [0.1, 0.15) is 32.6 Å². The monoisotopic (exact) mass is 279 g/mol. The summed E-state index contributed by atoms with van der Waals surface area (Å²) >= 11 is 0. The molecule has 0 aromatic carbocycles. The summed E-state index contributed by atoms with van der Waals surface area (Å²) in [4.78, 5) is 43.3. The number of nitrogens with zero attached hydrogens (tertiary/aromatic N) is 2. The first kappa shape index (κ1) is 14.0. The zero-order chi connectivity index (χ0) is 14.9. The summed E-state index contributed by atoms with van der Waals surface area (Å²) in [5.74, 6) is -0.228. The van der Waals surface area contributed by atoms with Gasteiger partial charge < -0.3 is 15.6 Å². The highest BCUT2D eigenvalue weighted by molar-refractivity contribution is 6.08. The number of imidazole rings is 1. The van der Waals surface area contributed by atoms with Crippen molar-refractivity contribution in [1.82, 2.24) is 25.5 Å². The Bertz CT molecular complexity index is 537. The van der Waals surface area contributed by atoms with E-state index in [0.29, 0.717) is 5.82 Å². The van der Waals surface area contributed by atoms with Crippen LogP contribution >= 0.6 is 0 Å². The van der Waals surface area contributed by atoms with Gasteiger partial charge in [-0.15, -0.1) is 0 Å². The SMILES string of the molecule is CC(NC(=O)CN1C(=O)NC(C)(C)C1=O)c1ncc[nH]1. The van der Waals surface area contributed by atoms with Crippen molar-refractivity contribution in [1.29, 1.82) is 0 Å². The number of carbonyl (C=O) groups is 3. The molecule has 8 heteroatoms. The summed E-state index contributed by atoms with van der Waals surface area (Å²) in [7, 11) is 0. The minimum atomic E-state index is -0.968. The molecule has 0 radical (unpaired) electrons. The minimum absolute atomic E-state index is 0.306. The molecule has 2 rings (SSSR count). The third kappa shape index (κ3) is 2.63. The number of amides is 4. The second kappa shape index (κ2) is 4.95. The minimum Gasteiger partial charge on any atom is -0.347 e. The third-order valence-electron chi connectivity index (χ3n) is 3.05. The highest BCUT2D eigenvalue weighted by Gasteiger charge is 2.44. The third-order valence-corrected chi connectivity index (χ3v) is 3.05. The van der Waals surface area contributed by atoms with E-state index < -0.39 is 23.4 Å². The fraction of sp³-hybridized carbons (Fsp3) is 0.500. The van der Waals surface area contributed by atoms with Gasteiger partial charge in [0.05, 0.1) is 6.04 Å². The van der Waals surface area contributed by atoms with Gasteiger partial charge in [0.15, 0.2) is 0 Å². The molecule has 2 heterocycles. The number of H-pyrrole nitrogens is 1. The molecule has 8 nitrogen and oxygen atoms in total. The van der Waals surface area contributed by atoms with Gasteiger partial charge in [-0.1, -0.05) is 0 Å². The van der Waals surface area contributed by atoms with Crippen molar-refractivity contribution in [2.45, 2.75) is 32.4 Å². The Morgan fingerprint density at radius 3 is 2.70 bits per heavy atom. The lowest BCUT2D eigenvalue weighted by atomic mass is 10.1. The van der Waals surface area contributed by atoms with E-state index in [0.717, 1.165) is 4.90 Å². The van der Waals surface area contributed by atoms with Gasteiger partial charge in [-0.25, -0.2) is 9.78 Å². The first-order chi connectivity index (χ1) is 9.31. The van der Waals surface area contributed by atoms with Gasteiger partial charge in [0.25, 0.3) is 5.91 Å². The largest absolute Gasteiger partial charge is 0.347 e. The predicted octanol–water partition coefficient (Wildman–Crippen LogP) is -0.0827. The lowest BCUT2D eigenvalue weighted by Gasteiger charge is -2.17. The molecule has 1 atom stereocenters. The maximum atomic E-state index is 11.9. The molecule has 0 aliphatic carbocycles. The van der Waals surface area contributed by atoms with E-state index >= 15 is 0 Å². The number of hydrogen-bond acceptors (Lipinski definition) is 4. The van der Waals surface area contributed by atoms with Crippen LogP contribution in [0.3, 0.4) is 0 Å². The molecular weight excluding hydrogens is 262 g/mol. The quantitative estimate of drug-likeness (QED) is 0.670. The Hall–Kier alpha value is -2.38. The predicted molar refractivity (Wildman–Crippen MR) is 69.5 cm³/mol. The first-order valence-electron chi connectivity index (χ1n) is 6.24. The molecule has 4 amide bonds. The Labute approximate surface area is 115 Å². The summed E-state index contributed by atoms with van der Waals surface area (Å²) in [5, 5.41) is 5.19. The molecule has 1 aromatic rings. The van der Waals surface area contributed by atoms with Crippen LogP contribution in [0.2, 0.25) is 0 Å². The smallest absolute Gasteiger partial charge is 0.325 e. The average molecular weight is 279 g/mol. The molecule has 108 valence electrons. The van der Waals surface area contributed by atoms with Crippen molar-refractivity contribution in [2.75, 3.05) is 6.54 Å². The van der Waals surface area contributed by atoms with Gasteiger partial charge in [-0.05, 0) is 20.8 Å². The summed E-state index contributed by atoms with van der Waals surface area (Å²) in [5.41, 5.74) is -0.968. The lowest BCUT2D eigenvalue weighted by molar-refractivity contribution is -0.134.